The highest BCUT2D eigenvalue weighted by Gasteiger charge is 2.17. The molecule has 2 N–H and O–H groups in total. The quantitative estimate of drug-likeness (QED) is 0.571. The van der Waals surface area contributed by atoms with Gasteiger partial charge in [-0.1, -0.05) is 29.8 Å². The molecule has 0 atom stereocenters. The molecule has 3 heterocycles. The summed E-state index contributed by atoms with van der Waals surface area (Å²) in [5, 5.41) is 6.62. The zero-order valence-corrected chi connectivity index (χ0v) is 15.7. The van der Waals surface area contributed by atoms with E-state index in [4.69, 9.17) is 9.72 Å². The minimum Gasteiger partial charge on any atom is -0.378 e. The summed E-state index contributed by atoms with van der Waals surface area (Å²) in [6.07, 6.45) is 1.65. The first-order chi connectivity index (χ1) is 13.8. The average Bonchev–Trinajstić information content (AvgIpc) is 3.33. The van der Waals surface area contributed by atoms with Crippen LogP contribution in [0.5, 0.6) is 0 Å². The van der Waals surface area contributed by atoms with Gasteiger partial charge < -0.3 is 15.0 Å². The molecule has 0 radical (unpaired) electrons. The number of aryl methyl sites for hydroxylation is 1. The molecule has 1 aliphatic rings. The maximum absolute atomic E-state index is 5.45. The number of fused-ring (bicyclic) bond motifs is 1. The van der Waals surface area contributed by atoms with Gasteiger partial charge in [-0.2, -0.15) is 0 Å². The Hall–Kier alpha value is -3.32. The van der Waals surface area contributed by atoms with E-state index >= 15 is 0 Å². The van der Waals surface area contributed by atoms with E-state index in [1.54, 1.807) is 6.33 Å². The Labute approximate surface area is 163 Å². The molecule has 1 aliphatic heterocycles. The lowest BCUT2D eigenvalue weighted by Crippen LogP contribution is -2.36. The van der Waals surface area contributed by atoms with Crippen molar-refractivity contribution in [2.75, 3.05) is 36.5 Å². The molecule has 1 saturated heterocycles. The van der Waals surface area contributed by atoms with Crippen molar-refractivity contribution in [1.29, 1.82) is 0 Å². The molecule has 5 rings (SSSR count). The predicted molar refractivity (Wildman–Crippen MR) is 110 cm³/mol. The molecule has 0 spiro atoms. The monoisotopic (exact) mass is 374 g/mol. The standard InChI is InChI=1S/C21H22N6O/c1-15-2-6-17(7-3-15)24-20-19(25-21-22-14-23-27(20)21)16-4-8-18(9-5-16)26-10-12-28-13-11-26/h2-9,14,24H,10-13H2,1H3,(H,22,23,25). The van der Waals surface area contributed by atoms with Gasteiger partial charge in [-0.3, -0.25) is 5.10 Å². The Morgan fingerprint density at radius 2 is 1.75 bits per heavy atom. The van der Waals surface area contributed by atoms with Crippen molar-refractivity contribution in [3.63, 3.8) is 0 Å². The van der Waals surface area contributed by atoms with Crippen molar-refractivity contribution in [3.8, 4) is 11.3 Å². The molecule has 1 fully saturated rings. The first-order valence-corrected chi connectivity index (χ1v) is 9.46. The second-order valence-electron chi connectivity index (χ2n) is 6.97. The zero-order valence-electron chi connectivity index (χ0n) is 15.7. The molecular weight excluding hydrogens is 352 g/mol. The van der Waals surface area contributed by atoms with Gasteiger partial charge in [0, 0.05) is 30.0 Å². The van der Waals surface area contributed by atoms with Crippen LogP contribution in [0, 0.1) is 6.92 Å². The van der Waals surface area contributed by atoms with E-state index in [2.05, 4.69) is 75.8 Å². The van der Waals surface area contributed by atoms with Crippen molar-refractivity contribution in [3.05, 3.63) is 60.4 Å². The van der Waals surface area contributed by atoms with Crippen LogP contribution in [0.2, 0.25) is 0 Å². The van der Waals surface area contributed by atoms with Crippen LogP contribution in [-0.2, 0) is 4.74 Å². The first-order valence-electron chi connectivity index (χ1n) is 9.46. The van der Waals surface area contributed by atoms with E-state index in [1.165, 1.54) is 11.3 Å². The third-order valence-electron chi connectivity index (χ3n) is 5.06. The molecule has 0 aliphatic carbocycles. The lowest BCUT2D eigenvalue weighted by Gasteiger charge is -2.28. The lowest BCUT2D eigenvalue weighted by atomic mass is 10.1. The summed E-state index contributed by atoms with van der Waals surface area (Å²) in [7, 11) is 0. The summed E-state index contributed by atoms with van der Waals surface area (Å²) in [6.45, 7) is 5.50. The average molecular weight is 374 g/mol. The minimum atomic E-state index is 0.641. The van der Waals surface area contributed by atoms with E-state index in [0.29, 0.717) is 5.78 Å². The number of ether oxygens (including phenoxy) is 1. The number of H-pyrrole nitrogens is 1. The molecule has 0 saturated carbocycles. The SMILES string of the molecule is Cc1ccc(Nc2c(-c3ccc(N4CCOCC4)cc3)nc3nc[nH]n23)cc1. The Kier molecular flexibility index (Phi) is 4.21. The molecule has 0 bridgehead atoms. The third kappa shape index (κ3) is 3.10. The number of aromatic amines is 1. The fourth-order valence-corrected chi connectivity index (χ4v) is 3.50. The highest BCUT2D eigenvalue weighted by Crippen LogP contribution is 2.31. The van der Waals surface area contributed by atoms with E-state index < -0.39 is 0 Å². The van der Waals surface area contributed by atoms with E-state index in [9.17, 15) is 0 Å². The predicted octanol–water partition coefficient (Wildman–Crippen LogP) is 3.61. The van der Waals surface area contributed by atoms with Crippen LogP contribution >= 0.6 is 0 Å². The van der Waals surface area contributed by atoms with Gasteiger partial charge in [0.25, 0.3) is 5.78 Å². The molecule has 0 amide bonds. The second kappa shape index (κ2) is 7.01. The van der Waals surface area contributed by atoms with E-state index in [-0.39, 0.29) is 0 Å². The molecule has 28 heavy (non-hydrogen) atoms. The van der Waals surface area contributed by atoms with Crippen molar-refractivity contribution in [2.24, 2.45) is 0 Å². The number of benzene rings is 2. The number of imidazole rings is 1. The number of hydrogen-bond donors (Lipinski definition) is 2. The van der Waals surface area contributed by atoms with Gasteiger partial charge in [-0.25, -0.2) is 14.5 Å². The normalized spacial score (nSPS) is 14.5. The molecule has 4 aromatic rings. The molecule has 142 valence electrons. The Morgan fingerprint density at radius 1 is 1.00 bits per heavy atom. The highest BCUT2D eigenvalue weighted by atomic mass is 16.5. The lowest BCUT2D eigenvalue weighted by molar-refractivity contribution is 0.122. The topological polar surface area (TPSA) is 70.5 Å². The molecule has 7 heteroatoms. The van der Waals surface area contributed by atoms with Crippen LogP contribution in [0.3, 0.4) is 0 Å². The van der Waals surface area contributed by atoms with E-state index in [0.717, 1.165) is 49.1 Å². The Morgan fingerprint density at radius 3 is 2.50 bits per heavy atom. The van der Waals surface area contributed by atoms with Crippen LogP contribution in [0.1, 0.15) is 5.56 Å². The van der Waals surface area contributed by atoms with Crippen LogP contribution < -0.4 is 10.2 Å². The second-order valence-corrected chi connectivity index (χ2v) is 6.97. The van der Waals surface area contributed by atoms with Gasteiger partial charge in [-0.05, 0) is 31.2 Å². The van der Waals surface area contributed by atoms with Gasteiger partial charge >= 0.3 is 0 Å². The fraction of sp³-hybridized carbons (Fsp3) is 0.238. The number of rotatable bonds is 4. The van der Waals surface area contributed by atoms with E-state index in [1.807, 2.05) is 4.52 Å². The third-order valence-corrected chi connectivity index (χ3v) is 5.06. The van der Waals surface area contributed by atoms with Crippen molar-refractivity contribution in [2.45, 2.75) is 6.92 Å². The van der Waals surface area contributed by atoms with Crippen molar-refractivity contribution in [1.82, 2.24) is 19.6 Å². The molecule has 0 unspecified atom stereocenters. The zero-order chi connectivity index (χ0) is 18.9. The number of nitrogens with one attached hydrogen (secondary N) is 2. The number of anilines is 3. The summed E-state index contributed by atoms with van der Waals surface area (Å²) < 4.78 is 7.31. The summed E-state index contributed by atoms with van der Waals surface area (Å²) in [5.41, 5.74) is 5.36. The number of morpholine rings is 1. The minimum absolute atomic E-state index is 0.641. The number of aromatic nitrogens is 4. The van der Waals surface area contributed by atoms with Gasteiger partial charge in [0.2, 0.25) is 0 Å². The summed E-state index contributed by atoms with van der Waals surface area (Å²) in [6, 6.07) is 16.8. The van der Waals surface area contributed by atoms with Crippen LogP contribution in [0.15, 0.2) is 54.9 Å². The Balaban J connectivity index is 1.49. The van der Waals surface area contributed by atoms with Crippen LogP contribution in [0.25, 0.3) is 17.0 Å². The largest absolute Gasteiger partial charge is 0.378 e. The first kappa shape index (κ1) is 16.8. The fourth-order valence-electron chi connectivity index (χ4n) is 3.50. The van der Waals surface area contributed by atoms with Crippen molar-refractivity contribution >= 4 is 23.0 Å². The summed E-state index contributed by atoms with van der Waals surface area (Å²) in [5.74, 6) is 1.51. The molecule has 2 aromatic heterocycles. The maximum atomic E-state index is 5.45. The van der Waals surface area contributed by atoms with Crippen molar-refractivity contribution < 1.29 is 4.74 Å². The van der Waals surface area contributed by atoms with Gasteiger partial charge in [-0.15, -0.1) is 0 Å². The number of hydrogen-bond acceptors (Lipinski definition) is 5. The van der Waals surface area contributed by atoms with Gasteiger partial charge in [0.1, 0.15) is 12.0 Å². The van der Waals surface area contributed by atoms with Gasteiger partial charge in [0.05, 0.1) is 13.2 Å². The smallest absolute Gasteiger partial charge is 0.252 e. The highest BCUT2D eigenvalue weighted by molar-refractivity contribution is 5.79. The molecule has 2 aromatic carbocycles. The van der Waals surface area contributed by atoms with Crippen LogP contribution in [0.4, 0.5) is 17.2 Å². The van der Waals surface area contributed by atoms with Gasteiger partial charge in [0.15, 0.2) is 5.82 Å². The maximum Gasteiger partial charge on any atom is 0.252 e. The molecule has 7 nitrogen and oxygen atoms in total. The Bertz CT molecular complexity index is 1070. The summed E-state index contributed by atoms with van der Waals surface area (Å²) >= 11 is 0. The molecular formula is C21H22N6O. The number of nitrogens with zero attached hydrogens (tertiary/aromatic N) is 4. The summed E-state index contributed by atoms with van der Waals surface area (Å²) in [4.78, 5) is 11.4. The van der Waals surface area contributed by atoms with Crippen LogP contribution in [-0.4, -0.2) is 45.9 Å².